The lowest BCUT2D eigenvalue weighted by Crippen LogP contribution is -2.14. The molecule has 3 aromatic rings. The molecule has 126 valence electrons. The highest BCUT2D eigenvalue weighted by Crippen LogP contribution is 2.35. The smallest absolute Gasteiger partial charge is 0.165 e. The molecule has 0 aliphatic carbocycles. The van der Waals surface area contributed by atoms with Crippen LogP contribution in [0.2, 0.25) is 0 Å². The van der Waals surface area contributed by atoms with E-state index < -0.39 is 0 Å². The van der Waals surface area contributed by atoms with Crippen LogP contribution < -0.4 is 4.74 Å². The fourth-order valence-electron chi connectivity index (χ4n) is 2.47. The number of hydrogen-bond donors (Lipinski definition) is 0. The molecule has 0 fully saturated rings. The summed E-state index contributed by atoms with van der Waals surface area (Å²) >= 11 is 1.58. The number of hydrogen-bond acceptors (Lipinski definition) is 4. The molecule has 1 atom stereocenters. The van der Waals surface area contributed by atoms with Crippen LogP contribution in [0.15, 0.2) is 42.7 Å². The number of methoxy groups -OCH3 is 2. The van der Waals surface area contributed by atoms with Gasteiger partial charge in [-0.15, -0.1) is 11.3 Å². The zero-order chi connectivity index (χ0) is 17.1. The summed E-state index contributed by atoms with van der Waals surface area (Å²) in [6.07, 6.45) is 3.83. The van der Waals surface area contributed by atoms with Crippen molar-refractivity contribution in [2.75, 3.05) is 14.2 Å². The first-order chi connectivity index (χ1) is 11.6. The topological polar surface area (TPSA) is 36.3 Å². The summed E-state index contributed by atoms with van der Waals surface area (Å²) in [4.78, 5) is 6.47. The third-order valence-electron chi connectivity index (χ3n) is 3.83. The Morgan fingerprint density at radius 1 is 1.21 bits per heavy atom. The average Bonchev–Trinajstić information content (AvgIpc) is 3.23. The van der Waals surface area contributed by atoms with Gasteiger partial charge in [0.1, 0.15) is 5.82 Å². The Morgan fingerprint density at radius 3 is 2.71 bits per heavy atom. The van der Waals surface area contributed by atoms with Gasteiger partial charge in [0.15, 0.2) is 11.6 Å². The first-order valence-corrected chi connectivity index (χ1v) is 8.42. The van der Waals surface area contributed by atoms with Crippen molar-refractivity contribution in [2.45, 2.75) is 19.6 Å². The molecule has 0 aliphatic heterocycles. The van der Waals surface area contributed by atoms with E-state index >= 15 is 0 Å². The van der Waals surface area contributed by atoms with E-state index in [0.717, 1.165) is 27.7 Å². The van der Waals surface area contributed by atoms with Crippen LogP contribution >= 0.6 is 11.3 Å². The molecule has 1 aromatic carbocycles. The molecule has 0 saturated heterocycles. The van der Waals surface area contributed by atoms with Crippen LogP contribution in [-0.2, 0) is 11.3 Å². The third kappa shape index (κ3) is 3.34. The molecular weight excluding hydrogens is 327 g/mol. The maximum atomic E-state index is 13.9. The minimum atomic E-state index is -0.361. The van der Waals surface area contributed by atoms with Crippen molar-refractivity contribution in [1.82, 2.24) is 9.55 Å². The quantitative estimate of drug-likeness (QED) is 0.661. The maximum absolute atomic E-state index is 13.9. The van der Waals surface area contributed by atoms with Crippen LogP contribution in [0.4, 0.5) is 4.39 Å². The van der Waals surface area contributed by atoms with Crippen molar-refractivity contribution in [3.8, 4) is 26.9 Å². The Balaban J connectivity index is 1.89. The van der Waals surface area contributed by atoms with Crippen molar-refractivity contribution in [1.29, 1.82) is 0 Å². The molecule has 0 radical (unpaired) electrons. The zero-order valence-electron chi connectivity index (χ0n) is 13.8. The SMILES string of the molecule is COc1ccc(-c2ccc(-c3nccn3CC(C)OC)s2)cc1F. The Labute approximate surface area is 144 Å². The minimum Gasteiger partial charge on any atom is -0.494 e. The fourth-order valence-corrected chi connectivity index (χ4v) is 3.48. The van der Waals surface area contributed by atoms with Gasteiger partial charge in [0.2, 0.25) is 0 Å². The summed E-state index contributed by atoms with van der Waals surface area (Å²) in [5, 5.41) is 0. The number of rotatable bonds is 6. The van der Waals surface area contributed by atoms with E-state index in [0.29, 0.717) is 0 Å². The van der Waals surface area contributed by atoms with E-state index in [1.165, 1.54) is 13.2 Å². The van der Waals surface area contributed by atoms with Crippen molar-refractivity contribution in [3.05, 3.63) is 48.5 Å². The summed E-state index contributed by atoms with van der Waals surface area (Å²) in [6.45, 7) is 2.75. The second-order valence-electron chi connectivity index (χ2n) is 5.46. The number of ether oxygens (including phenoxy) is 2. The second kappa shape index (κ2) is 7.15. The first-order valence-electron chi connectivity index (χ1n) is 7.60. The van der Waals surface area contributed by atoms with E-state index in [9.17, 15) is 4.39 Å². The second-order valence-corrected chi connectivity index (χ2v) is 6.55. The molecule has 1 unspecified atom stereocenters. The molecule has 0 saturated carbocycles. The molecule has 2 heterocycles. The average molecular weight is 346 g/mol. The van der Waals surface area contributed by atoms with Crippen LogP contribution in [0.5, 0.6) is 5.75 Å². The largest absolute Gasteiger partial charge is 0.494 e. The number of aromatic nitrogens is 2. The van der Waals surface area contributed by atoms with E-state index in [1.807, 2.05) is 31.3 Å². The highest BCUT2D eigenvalue weighted by atomic mass is 32.1. The van der Waals surface area contributed by atoms with Gasteiger partial charge >= 0.3 is 0 Å². The summed E-state index contributed by atoms with van der Waals surface area (Å²) < 4.78 is 26.3. The molecular formula is C18H19FN2O2S. The predicted octanol–water partition coefficient (Wildman–Crippen LogP) is 4.46. The molecule has 4 nitrogen and oxygen atoms in total. The van der Waals surface area contributed by atoms with Crippen molar-refractivity contribution in [2.24, 2.45) is 0 Å². The standard InChI is InChI=1S/C18H19FN2O2S/c1-12(22-2)11-21-9-8-20-18(21)17-7-6-16(24-17)13-4-5-15(23-3)14(19)10-13/h4-10,12H,11H2,1-3H3. The maximum Gasteiger partial charge on any atom is 0.165 e. The Morgan fingerprint density at radius 2 is 2.00 bits per heavy atom. The monoisotopic (exact) mass is 346 g/mol. The minimum absolute atomic E-state index is 0.105. The first kappa shape index (κ1) is 16.7. The molecule has 3 rings (SSSR count). The van der Waals surface area contributed by atoms with Gasteiger partial charge in [-0.3, -0.25) is 0 Å². The molecule has 0 aliphatic rings. The van der Waals surface area contributed by atoms with Gasteiger partial charge in [0.05, 0.1) is 24.6 Å². The highest BCUT2D eigenvalue weighted by molar-refractivity contribution is 7.18. The Hall–Kier alpha value is -2.18. The lowest BCUT2D eigenvalue weighted by atomic mass is 10.2. The zero-order valence-corrected chi connectivity index (χ0v) is 14.6. The van der Waals surface area contributed by atoms with E-state index in [1.54, 1.807) is 30.7 Å². The number of benzene rings is 1. The molecule has 2 aromatic heterocycles. The van der Waals surface area contributed by atoms with Crippen LogP contribution in [0.25, 0.3) is 21.1 Å². The predicted molar refractivity (Wildman–Crippen MR) is 94.0 cm³/mol. The Kier molecular flexibility index (Phi) is 4.97. The summed E-state index contributed by atoms with van der Waals surface area (Å²) in [6, 6.07) is 8.99. The summed E-state index contributed by atoms with van der Waals surface area (Å²) in [5.74, 6) is 0.782. The summed E-state index contributed by atoms with van der Waals surface area (Å²) in [7, 11) is 3.16. The van der Waals surface area contributed by atoms with Crippen LogP contribution in [0, 0.1) is 5.82 Å². The highest BCUT2D eigenvalue weighted by Gasteiger charge is 2.13. The van der Waals surface area contributed by atoms with Crippen LogP contribution in [-0.4, -0.2) is 29.9 Å². The third-order valence-corrected chi connectivity index (χ3v) is 4.96. The van der Waals surface area contributed by atoms with Crippen molar-refractivity contribution < 1.29 is 13.9 Å². The number of imidazole rings is 1. The van der Waals surface area contributed by atoms with Gasteiger partial charge < -0.3 is 14.0 Å². The van der Waals surface area contributed by atoms with Gasteiger partial charge in [0.25, 0.3) is 0 Å². The van der Waals surface area contributed by atoms with Crippen LogP contribution in [0.1, 0.15) is 6.92 Å². The molecule has 0 amide bonds. The molecule has 6 heteroatoms. The van der Waals surface area contributed by atoms with Gasteiger partial charge in [-0.1, -0.05) is 0 Å². The van der Waals surface area contributed by atoms with E-state index in [4.69, 9.17) is 9.47 Å². The fraction of sp³-hybridized carbons (Fsp3) is 0.278. The number of halogens is 1. The lowest BCUT2D eigenvalue weighted by molar-refractivity contribution is 0.103. The molecule has 0 spiro atoms. The number of thiophene rings is 1. The summed E-state index contributed by atoms with van der Waals surface area (Å²) in [5.41, 5.74) is 0.827. The Bertz CT molecular complexity index is 828. The molecule has 24 heavy (non-hydrogen) atoms. The van der Waals surface area contributed by atoms with Crippen LogP contribution in [0.3, 0.4) is 0 Å². The van der Waals surface area contributed by atoms with Gasteiger partial charge in [0, 0.05) is 24.4 Å². The van der Waals surface area contributed by atoms with Gasteiger partial charge in [-0.05, 0) is 42.8 Å². The van der Waals surface area contributed by atoms with E-state index in [2.05, 4.69) is 9.55 Å². The van der Waals surface area contributed by atoms with E-state index in [-0.39, 0.29) is 17.7 Å². The van der Waals surface area contributed by atoms with Crippen molar-refractivity contribution in [3.63, 3.8) is 0 Å². The van der Waals surface area contributed by atoms with Crippen molar-refractivity contribution >= 4 is 11.3 Å². The molecule has 0 N–H and O–H groups in total. The van der Waals surface area contributed by atoms with Gasteiger partial charge in [-0.2, -0.15) is 0 Å². The normalized spacial score (nSPS) is 12.3. The molecule has 0 bridgehead atoms. The van der Waals surface area contributed by atoms with Gasteiger partial charge in [-0.25, -0.2) is 9.37 Å². The number of nitrogens with zero attached hydrogens (tertiary/aromatic N) is 2. The lowest BCUT2D eigenvalue weighted by Gasteiger charge is -2.12.